The highest BCUT2D eigenvalue weighted by molar-refractivity contribution is 7.92. The van der Waals surface area contributed by atoms with Gasteiger partial charge in [-0.3, -0.25) is 4.72 Å². The van der Waals surface area contributed by atoms with Crippen molar-refractivity contribution in [3.63, 3.8) is 0 Å². The molecule has 0 heterocycles. The Balaban J connectivity index is 2.37. The van der Waals surface area contributed by atoms with Gasteiger partial charge in [-0.15, -0.1) is 0 Å². The Morgan fingerprint density at radius 2 is 1.55 bits per heavy atom. The molecule has 0 aliphatic rings. The molecule has 0 radical (unpaired) electrons. The number of hydrogen-bond donors (Lipinski definition) is 1. The van der Waals surface area contributed by atoms with Crippen molar-refractivity contribution in [2.45, 2.75) is 25.7 Å². The molecule has 2 aromatic carbocycles. The van der Waals surface area contributed by atoms with E-state index in [-0.39, 0.29) is 4.90 Å². The second kappa shape index (κ2) is 5.25. The molecule has 0 spiro atoms. The lowest BCUT2D eigenvalue weighted by molar-refractivity contribution is 0.598. The van der Waals surface area contributed by atoms with E-state index >= 15 is 0 Å². The summed E-state index contributed by atoms with van der Waals surface area (Å²) >= 11 is 0. The quantitative estimate of drug-likeness (QED) is 0.940. The number of anilines is 1. The molecule has 0 aromatic heterocycles. The molecule has 20 heavy (non-hydrogen) atoms. The minimum atomic E-state index is -3.70. The fraction of sp³-hybridized carbons (Fsp3) is 0.200. The maximum absolute atomic E-state index is 13.2. The van der Waals surface area contributed by atoms with Crippen LogP contribution in [0.1, 0.15) is 16.7 Å². The van der Waals surface area contributed by atoms with E-state index in [0.29, 0.717) is 11.3 Å². The second-order valence-electron chi connectivity index (χ2n) is 4.89. The van der Waals surface area contributed by atoms with Crippen LogP contribution >= 0.6 is 0 Å². The number of sulfonamides is 1. The minimum absolute atomic E-state index is 0.0514. The van der Waals surface area contributed by atoms with Crippen LogP contribution in [0.4, 0.5) is 10.1 Å². The van der Waals surface area contributed by atoms with Crippen LogP contribution in [0.25, 0.3) is 0 Å². The predicted molar refractivity (Wildman–Crippen MR) is 77.9 cm³/mol. The SMILES string of the molecule is Cc1cc(C)cc(NS(=O)(=O)c2ccc(F)c(C)c2)c1. The van der Waals surface area contributed by atoms with Crippen molar-refractivity contribution in [2.24, 2.45) is 0 Å². The highest BCUT2D eigenvalue weighted by Crippen LogP contribution is 2.20. The first-order valence-electron chi connectivity index (χ1n) is 6.15. The molecular formula is C15H16FNO2S. The van der Waals surface area contributed by atoms with Gasteiger partial charge in [0.15, 0.2) is 0 Å². The van der Waals surface area contributed by atoms with Gasteiger partial charge in [-0.1, -0.05) is 6.07 Å². The van der Waals surface area contributed by atoms with Crippen LogP contribution < -0.4 is 4.72 Å². The maximum Gasteiger partial charge on any atom is 0.261 e. The number of hydrogen-bond acceptors (Lipinski definition) is 2. The highest BCUT2D eigenvalue weighted by Gasteiger charge is 2.15. The van der Waals surface area contributed by atoms with Gasteiger partial charge in [0, 0.05) is 5.69 Å². The molecule has 1 N–H and O–H groups in total. The fourth-order valence-corrected chi connectivity index (χ4v) is 3.16. The molecule has 0 amide bonds. The van der Waals surface area contributed by atoms with E-state index in [1.165, 1.54) is 19.1 Å². The number of halogens is 1. The second-order valence-corrected chi connectivity index (χ2v) is 6.58. The van der Waals surface area contributed by atoms with E-state index in [9.17, 15) is 12.8 Å². The molecule has 0 fully saturated rings. The minimum Gasteiger partial charge on any atom is -0.280 e. The molecule has 0 saturated carbocycles. The number of rotatable bonds is 3. The Labute approximate surface area is 118 Å². The number of aryl methyl sites for hydroxylation is 3. The molecule has 3 nitrogen and oxygen atoms in total. The van der Waals surface area contributed by atoms with Crippen LogP contribution in [0.15, 0.2) is 41.3 Å². The topological polar surface area (TPSA) is 46.2 Å². The van der Waals surface area contributed by atoms with E-state index in [1.807, 2.05) is 19.9 Å². The van der Waals surface area contributed by atoms with Crippen LogP contribution in [0.3, 0.4) is 0 Å². The van der Waals surface area contributed by atoms with Crippen LogP contribution in [0.5, 0.6) is 0 Å². The lowest BCUT2D eigenvalue weighted by Crippen LogP contribution is -2.13. The van der Waals surface area contributed by atoms with Gasteiger partial charge in [-0.2, -0.15) is 0 Å². The summed E-state index contributed by atoms with van der Waals surface area (Å²) in [6, 6.07) is 9.20. The van der Waals surface area contributed by atoms with E-state index in [1.54, 1.807) is 12.1 Å². The Bertz CT molecular complexity index is 734. The molecule has 0 bridgehead atoms. The molecule has 0 unspecified atom stereocenters. The predicted octanol–water partition coefficient (Wildman–Crippen LogP) is 3.55. The average molecular weight is 293 g/mol. The highest BCUT2D eigenvalue weighted by atomic mass is 32.2. The Kier molecular flexibility index (Phi) is 3.81. The zero-order valence-electron chi connectivity index (χ0n) is 11.6. The Morgan fingerprint density at radius 3 is 2.10 bits per heavy atom. The van der Waals surface area contributed by atoms with Gasteiger partial charge in [0.05, 0.1) is 4.90 Å². The third-order valence-corrected chi connectivity index (χ3v) is 4.29. The van der Waals surface area contributed by atoms with Gasteiger partial charge in [0.25, 0.3) is 10.0 Å². The molecule has 2 aromatic rings. The summed E-state index contributed by atoms with van der Waals surface area (Å²) in [7, 11) is -3.70. The molecule has 5 heteroatoms. The van der Waals surface area contributed by atoms with Crippen molar-refractivity contribution < 1.29 is 12.8 Å². The van der Waals surface area contributed by atoms with Crippen molar-refractivity contribution in [2.75, 3.05) is 4.72 Å². The van der Waals surface area contributed by atoms with Crippen molar-refractivity contribution in [3.05, 3.63) is 58.9 Å². The van der Waals surface area contributed by atoms with Crippen LogP contribution in [0.2, 0.25) is 0 Å². The molecule has 106 valence electrons. The molecular weight excluding hydrogens is 277 g/mol. The first-order chi connectivity index (χ1) is 9.28. The Morgan fingerprint density at radius 1 is 0.950 bits per heavy atom. The first-order valence-corrected chi connectivity index (χ1v) is 7.63. The largest absolute Gasteiger partial charge is 0.280 e. The third kappa shape index (κ3) is 3.17. The average Bonchev–Trinajstić information content (AvgIpc) is 2.30. The summed E-state index contributed by atoms with van der Waals surface area (Å²) in [5.74, 6) is -0.421. The third-order valence-electron chi connectivity index (χ3n) is 2.91. The summed E-state index contributed by atoms with van der Waals surface area (Å²) in [6.07, 6.45) is 0. The zero-order valence-corrected chi connectivity index (χ0v) is 12.4. The van der Waals surface area contributed by atoms with Crippen LogP contribution in [0, 0.1) is 26.6 Å². The van der Waals surface area contributed by atoms with Crippen molar-refractivity contribution in [3.8, 4) is 0 Å². The lowest BCUT2D eigenvalue weighted by Gasteiger charge is -2.10. The normalized spacial score (nSPS) is 11.4. The van der Waals surface area contributed by atoms with Gasteiger partial charge < -0.3 is 0 Å². The number of benzene rings is 2. The summed E-state index contributed by atoms with van der Waals surface area (Å²) in [5.41, 5.74) is 2.74. The first kappa shape index (κ1) is 14.5. The monoisotopic (exact) mass is 293 g/mol. The summed E-state index contributed by atoms with van der Waals surface area (Å²) in [6.45, 7) is 5.32. The van der Waals surface area contributed by atoms with Crippen molar-refractivity contribution in [1.29, 1.82) is 0 Å². The van der Waals surface area contributed by atoms with Crippen molar-refractivity contribution in [1.82, 2.24) is 0 Å². The summed E-state index contributed by atoms with van der Waals surface area (Å²) in [4.78, 5) is 0.0514. The zero-order chi connectivity index (χ0) is 14.9. The van der Waals surface area contributed by atoms with Crippen LogP contribution in [-0.2, 0) is 10.0 Å². The van der Waals surface area contributed by atoms with Gasteiger partial charge in [0.1, 0.15) is 5.82 Å². The Hall–Kier alpha value is -1.88. The van der Waals surface area contributed by atoms with E-state index < -0.39 is 15.8 Å². The van der Waals surface area contributed by atoms with E-state index in [2.05, 4.69) is 4.72 Å². The van der Waals surface area contributed by atoms with Gasteiger partial charge in [-0.25, -0.2) is 12.8 Å². The maximum atomic E-state index is 13.2. The van der Waals surface area contributed by atoms with E-state index in [4.69, 9.17) is 0 Å². The molecule has 2 rings (SSSR count). The molecule has 0 atom stereocenters. The van der Waals surface area contributed by atoms with Crippen LogP contribution in [-0.4, -0.2) is 8.42 Å². The summed E-state index contributed by atoms with van der Waals surface area (Å²) in [5, 5.41) is 0. The van der Waals surface area contributed by atoms with Crippen molar-refractivity contribution >= 4 is 15.7 Å². The molecule has 0 saturated heterocycles. The standard InChI is InChI=1S/C15H16FNO2S/c1-10-6-11(2)8-13(7-10)17-20(18,19)14-4-5-15(16)12(3)9-14/h4-9,17H,1-3H3. The van der Waals surface area contributed by atoms with Gasteiger partial charge in [-0.05, 0) is 67.8 Å². The summed E-state index contributed by atoms with van der Waals surface area (Å²) < 4.78 is 40.2. The molecule has 0 aliphatic heterocycles. The lowest BCUT2D eigenvalue weighted by atomic mass is 10.1. The fourth-order valence-electron chi connectivity index (χ4n) is 2.03. The smallest absolute Gasteiger partial charge is 0.261 e. The number of nitrogens with one attached hydrogen (secondary N) is 1. The van der Waals surface area contributed by atoms with Gasteiger partial charge in [0.2, 0.25) is 0 Å². The molecule has 0 aliphatic carbocycles. The van der Waals surface area contributed by atoms with Gasteiger partial charge >= 0.3 is 0 Å². The van der Waals surface area contributed by atoms with E-state index in [0.717, 1.165) is 17.2 Å².